The molecule has 3 aromatic carbocycles. The van der Waals surface area contributed by atoms with Crippen LogP contribution in [0.4, 0.5) is 10.1 Å². The average molecular weight is 456 g/mol. The van der Waals surface area contributed by atoms with Crippen LogP contribution in [-0.2, 0) is 22.9 Å². The van der Waals surface area contributed by atoms with Gasteiger partial charge in [0.1, 0.15) is 10.7 Å². The molecule has 0 fully saturated rings. The molecule has 0 amide bonds. The number of aromatic carboxylic acids is 1. The minimum atomic E-state index is -4.08. The molecule has 0 unspecified atom stereocenters. The quantitative estimate of drug-likeness (QED) is 0.450. The summed E-state index contributed by atoms with van der Waals surface area (Å²) in [6.07, 6.45) is 2.59. The van der Waals surface area contributed by atoms with E-state index < -0.39 is 21.8 Å². The van der Waals surface area contributed by atoms with E-state index in [0.717, 1.165) is 23.6 Å². The van der Waals surface area contributed by atoms with E-state index in [4.69, 9.17) is 5.11 Å². The fourth-order valence-corrected chi connectivity index (χ4v) is 5.11. The monoisotopic (exact) mass is 455 g/mol. The first kappa shape index (κ1) is 23.5. The van der Waals surface area contributed by atoms with Gasteiger partial charge in [0.2, 0.25) is 0 Å². The van der Waals surface area contributed by atoms with E-state index in [1.165, 1.54) is 22.5 Å². The van der Waals surface area contributed by atoms with Gasteiger partial charge in [-0.15, -0.1) is 0 Å². The zero-order chi connectivity index (χ0) is 23.1. The lowest BCUT2D eigenvalue weighted by atomic mass is 10.0. The van der Waals surface area contributed by atoms with E-state index in [-0.39, 0.29) is 17.0 Å². The number of carbonyl (C=O) groups is 1. The van der Waals surface area contributed by atoms with Crippen LogP contribution in [0.5, 0.6) is 0 Å². The number of sulfonamides is 1. The second kappa shape index (κ2) is 10.4. The van der Waals surface area contributed by atoms with Crippen molar-refractivity contribution in [1.29, 1.82) is 0 Å². The Balaban J connectivity index is 1.93. The van der Waals surface area contributed by atoms with Gasteiger partial charge in [0.25, 0.3) is 10.0 Å². The Hall–Kier alpha value is -3.19. The summed E-state index contributed by atoms with van der Waals surface area (Å²) in [5.74, 6) is -1.75. The molecule has 0 radical (unpaired) electrons. The van der Waals surface area contributed by atoms with Crippen molar-refractivity contribution in [2.45, 2.75) is 37.5 Å². The SMILES string of the molecule is CCCCN(c1ccccc1CCc1ccc(C(=O)O)cc1)S(=O)(=O)c1ccccc1F. The molecular weight excluding hydrogens is 429 g/mol. The van der Waals surface area contributed by atoms with Crippen molar-refractivity contribution in [1.82, 2.24) is 0 Å². The highest BCUT2D eigenvalue weighted by atomic mass is 32.2. The zero-order valence-corrected chi connectivity index (χ0v) is 18.7. The van der Waals surface area contributed by atoms with E-state index >= 15 is 0 Å². The predicted octanol–water partition coefficient (Wildman–Crippen LogP) is 5.30. The lowest BCUT2D eigenvalue weighted by Crippen LogP contribution is -2.33. The largest absolute Gasteiger partial charge is 0.478 e. The fourth-order valence-electron chi connectivity index (χ4n) is 3.50. The topological polar surface area (TPSA) is 74.7 Å². The molecular formula is C25H26FNO4S. The number of hydrogen-bond donors (Lipinski definition) is 1. The Kier molecular flexibility index (Phi) is 7.64. The molecule has 0 saturated carbocycles. The maximum atomic E-state index is 14.4. The van der Waals surface area contributed by atoms with Crippen molar-refractivity contribution >= 4 is 21.7 Å². The molecule has 32 heavy (non-hydrogen) atoms. The van der Waals surface area contributed by atoms with Crippen LogP contribution < -0.4 is 4.31 Å². The van der Waals surface area contributed by atoms with Crippen LogP contribution in [0.2, 0.25) is 0 Å². The number of para-hydroxylation sites is 1. The van der Waals surface area contributed by atoms with E-state index in [2.05, 4.69) is 0 Å². The van der Waals surface area contributed by atoms with Crippen molar-refractivity contribution in [3.05, 3.63) is 95.3 Å². The standard InChI is InChI=1S/C25H26FNO4S/c1-2-3-18-27(32(30,31)24-11-7-5-9-22(24)26)23-10-6-4-8-20(23)15-12-19-13-16-21(17-14-19)25(28)29/h4-11,13-14,16-17H,2-3,12,15,18H2,1H3,(H,28,29). The van der Waals surface area contributed by atoms with Gasteiger partial charge < -0.3 is 5.11 Å². The van der Waals surface area contributed by atoms with Gasteiger partial charge in [-0.2, -0.15) is 0 Å². The Labute approximate surface area is 188 Å². The van der Waals surface area contributed by atoms with Crippen LogP contribution in [-0.4, -0.2) is 26.0 Å². The number of rotatable bonds is 10. The highest BCUT2D eigenvalue weighted by Crippen LogP contribution is 2.29. The van der Waals surface area contributed by atoms with E-state index in [0.29, 0.717) is 24.9 Å². The summed E-state index contributed by atoms with van der Waals surface area (Å²) in [4.78, 5) is 10.7. The Morgan fingerprint density at radius 2 is 1.59 bits per heavy atom. The highest BCUT2D eigenvalue weighted by Gasteiger charge is 2.28. The first-order valence-electron chi connectivity index (χ1n) is 10.5. The van der Waals surface area contributed by atoms with Crippen LogP contribution in [0.15, 0.2) is 77.7 Å². The summed E-state index contributed by atoms with van der Waals surface area (Å²) < 4.78 is 42.5. The lowest BCUT2D eigenvalue weighted by molar-refractivity contribution is 0.0697. The van der Waals surface area contributed by atoms with E-state index in [1.54, 1.807) is 36.4 Å². The molecule has 7 heteroatoms. The summed E-state index contributed by atoms with van der Waals surface area (Å²) in [5.41, 5.74) is 2.52. The third-order valence-corrected chi connectivity index (χ3v) is 7.11. The van der Waals surface area contributed by atoms with E-state index in [9.17, 15) is 17.6 Å². The summed E-state index contributed by atoms with van der Waals surface area (Å²) in [6, 6.07) is 19.3. The maximum absolute atomic E-state index is 14.4. The first-order valence-corrected chi connectivity index (χ1v) is 12.0. The number of anilines is 1. The normalized spacial score (nSPS) is 11.3. The Morgan fingerprint density at radius 3 is 2.25 bits per heavy atom. The smallest absolute Gasteiger partial charge is 0.335 e. The average Bonchev–Trinajstić information content (AvgIpc) is 2.79. The number of benzene rings is 3. The molecule has 3 aromatic rings. The van der Waals surface area contributed by atoms with Crippen LogP contribution in [0.3, 0.4) is 0 Å². The van der Waals surface area contributed by atoms with Crippen molar-refractivity contribution in [2.75, 3.05) is 10.8 Å². The van der Waals surface area contributed by atoms with Gasteiger partial charge in [0.15, 0.2) is 0 Å². The van der Waals surface area contributed by atoms with E-state index in [1.807, 2.05) is 19.1 Å². The number of halogens is 1. The third kappa shape index (κ3) is 5.34. The first-order chi connectivity index (χ1) is 15.3. The van der Waals surface area contributed by atoms with Crippen molar-refractivity contribution in [3.8, 4) is 0 Å². The van der Waals surface area contributed by atoms with Gasteiger partial charge in [-0.25, -0.2) is 17.6 Å². The number of hydrogen-bond acceptors (Lipinski definition) is 3. The molecule has 0 spiro atoms. The summed E-state index contributed by atoms with van der Waals surface area (Å²) >= 11 is 0. The molecule has 0 bridgehead atoms. The van der Waals surface area contributed by atoms with Gasteiger partial charge >= 0.3 is 5.97 Å². The molecule has 0 aromatic heterocycles. The van der Waals surface area contributed by atoms with Crippen molar-refractivity contribution in [2.24, 2.45) is 0 Å². The van der Waals surface area contributed by atoms with Gasteiger partial charge in [0.05, 0.1) is 11.3 Å². The molecule has 3 rings (SSSR count). The number of unbranched alkanes of at least 4 members (excludes halogenated alkanes) is 1. The number of aryl methyl sites for hydroxylation is 2. The number of carboxylic acid groups (broad SMARTS) is 1. The van der Waals surface area contributed by atoms with Crippen molar-refractivity contribution in [3.63, 3.8) is 0 Å². The molecule has 0 aliphatic rings. The van der Waals surface area contributed by atoms with Crippen LogP contribution in [0.1, 0.15) is 41.3 Å². The van der Waals surface area contributed by atoms with Crippen LogP contribution >= 0.6 is 0 Å². The summed E-state index contributed by atoms with van der Waals surface area (Å²) in [6.45, 7) is 2.22. The zero-order valence-electron chi connectivity index (χ0n) is 17.9. The molecule has 1 N–H and O–H groups in total. The lowest BCUT2D eigenvalue weighted by Gasteiger charge is -2.27. The molecule has 0 atom stereocenters. The Bertz CT molecular complexity index is 1180. The van der Waals surface area contributed by atoms with Gasteiger partial charge in [-0.1, -0.05) is 55.8 Å². The second-order valence-corrected chi connectivity index (χ2v) is 9.32. The molecule has 5 nitrogen and oxygen atoms in total. The minimum absolute atomic E-state index is 0.218. The van der Waals surface area contributed by atoms with Crippen LogP contribution in [0.25, 0.3) is 0 Å². The third-order valence-electron chi connectivity index (χ3n) is 5.26. The molecule has 0 aliphatic heterocycles. The predicted molar refractivity (Wildman–Crippen MR) is 123 cm³/mol. The molecule has 0 saturated heterocycles. The maximum Gasteiger partial charge on any atom is 0.335 e. The molecule has 168 valence electrons. The molecule has 0 aliphatic carbocycles. The second-order valence-electron chi connectivity index (χ2n) is 7.49. The van der Waals surface area contributed by atoms with Gasteiger partial charge in [-0.3, -0.25) is 4.31 Å². The van der Waals surface area contributed by atoms with Gasteiger partial charge in [0, 0.05) is 6.54 Å². The molecule has 0 heterocycles. The highest BCUT2D eigenvalue weighted by molar-refractivity contribution is 7.92. The summed E-state index contributed by atoms with van der Waals surface area (Å²) in [7, 11) is -4.08. The Morgan fingerprint density at radius 1 is 0.938 bits per heavy atom. The van der Waals surface area contributed by atoms with Crippen molar-refractivity contribution < 1.29 is 22.7 Å². The van der Waals surface area contributed by atoms with Crippen LogP contribution in [0, 0.1) is 5.82 Å². The number of carboxylic acids is 1. The summed E-state index contributed by atoms with van der Waals surface area (Å²) in [5, 5.41) is 9.05. The van der Waals surface area contributed by atoms with Gasteiger partial charge in [-0.05, 0) is 60.7 Å². The number of nitrogens with zero attached hydrogens (tertiary/aromatic N) is 1. The fraction of sp³-hybridized carbons (Fsp3) is 0.240. The minimum Gasteiger partial charge on any atom is -0.478 e.